The van der Waals surface area contributed by atoms with Gasteiger partial charge in [-0.1, -0.05) is 23.7 Å². The minimum absolute atomic E-state index is 0.175. The van der Waals surface area contributed by atoms with Crippen molar-refractivity contribution in [3.63, 3.8) is 0 Å². The van der Waals surface area contributed by atoms with Crippen molar-refractivity contribution in [3.8, 4) is 0 Å². The zero-order valence-electron chi connectivity index (χ0n) is 13.4. The SMILES string of the molecule is CCOC(=O)c1ccc(N(Cc2ccc(Cl)cc2)S(C)(=O)=O)cc1. The van der Waals surface area contributed by atoms with Crippen molar-refractivity contribution < 1.29 is 17.9 Å². The highest BCUT2D eigenvalue weighted by Gasteiger charge is 2.18. The summed E-state index contributed by atoms with van der Waals surface area (Å²) in [5.41, 5.74) is 1.65. The number of halogens is 1. The Bertz CT molecular complexity index is 801. The first kappa shape index (κ1) is 18.3. The Morgan fingerprint density at radius 2 is 1.67 bits per heavy atom. The van der Waals surface area contributed by atoms with E-state index in [1.807, 2.05) is 0 Å². The van der Waals surface area contributed by atoms with E-state index < -0.39 is 16.0 Å². The number of carbonyl (C=O) groups is 1. The first-order valence-electron chi connectivity index (χ1n) is 7.30. The summed E-state index contributed by atoms with van der Waals surface area (Å²) in [5.74, 6) is -0.437. The summed E-state index contributed by atoms with van der Waals surface area (Å²) in [7, 11) is -3.49. The zero-order chi connectivity index (χ0) is 17.7. The molecule has 2 aromatic carbocycles. The number of hydrogen-bond acceptors (Lipinski definition) is 4. The van der Waals surface area contributed by atoms with Gasteiger partial charge in [0.25, 0.3) is 0 Å². The molecule has 128 valence electrons. The Labute approximate surface area is 146 Å². The van der Waals surface area contributed by atoms with Crippen LogP contribution in [0.3, 0.4) is 0 Å². The molecule has 24 heavy (non-hydrogen) atoms. The molecule has 0 unspecified atom stereocenters. The summed E-state index contributed by atoms with van der Waals surface area (Å²) in [4.78, 5) is 11.7. The van der Waals surface area contributed by atoms with Gasteiger partial charge in [0.15, 0.2) is 0 Å². The first-order chi connectivity index (χ1) is 11.3. The zero-order valence-corrected chi connectivity index (χ0v) is 15.0. The van der Waals surface area contributed by atoms with Crippen LogP contribution >= 0.6 is 11.6 Å². The average molecular weight is 368 g/mol. The molecule has 0 heterocycles. The number of rotatable bonds is 6. The molecule has 0 atom stereocenters. The Morgan fingerprint density at radius 3 is 2.17 bits per heavy atom. The maximum Gasteiger partial charge on any atom is 0.338 e. The number of hydrogen-bond donors (Lipinski definition) is 0. The molecule has 0 saturated carbocycles. The van der Waals surface area contributed by atoms with Crippen molar-refractivity contribution in [1.29, 1.82) is 0 Å². The van der Waals surface area contributed by atoms with E-state index in [4.69, 9.17) is 16.3 Å². The maximum absolute atomic E-state index is 12.1. The van der Waals surface area contributed by atoms with Gasteiger partial charge in [0, 0.05) is 5.02 Å². The standard InChI is InChI=1S/C17H18ClNO4S/c1-3-23-17(20)14-6-10-16(11-7-14)19(24(2,21)22)12-13-4-8-15(18)9-5-13/h4-11H,3,12H2,1-2H3. The molecule has 7 heteroatoms. The molecule has 2 rings (SSSR count). The number of ether oxygens (including phenoxy) is 1. The van der Waals surface area contributed by atoms with Gasteiger partial charge in [-0.2, -0.15) is 0 Å². The van der Waals surface area contributed by atoms with E-state index in [-0.39, 0.29) is 13.2 Å². The van der Waals surface area contributed by atoms with Gasteiger partial charge >= 0.3 is 5.97 Å². The van der Waals surface area contributed by atoms with Crippen molar-refractivity contribution in [3.05, 3.63) is 64.7 Å². The molecular weight excluding hydrogens is 350 g/mol. The van der Waals surface area contributed by atoms with Crippen LogP contribution in [0, 0.1) is 0 Å². The summed E-state index contributed by atoms with van der Waals surface area (Å²) < 4.78 is 30.5. The Morgan fingerprint density at radius 1 is 1.08 bits per heavy atom. The number of benzene rings is 2. The summed E-state index contributed by atoms with van der Waals surface area (Å²) in [5, 5.41) is 0.587. The molecule has 0 aromatic heterocycles. The largest absolute Gasteiger partial charge is 0.462 e. The summed E-state index contributed by atoms with van der Waals surface area (Å²) in [6, 6.07) is 13.2. The predicted molar refractivity (Wildman–Crippen MR) is 94.9 cm³/mol. The molecule has 0 aliphatic heterocycles. The number of nitrogens with zero attached hydrogens (tertiary/aromatic N) is 1. The van der Waals surface area contributed by atoms with Gasteiger partial charge in [-0.25, -0.2) is 13.2 Å². The molecule has 5 nitrogen and oxygen atoms in total. The second kappa shape index (κ2) is 7.68. The van der Waals surface area contributed by atoms with Gasteiger partial charge in [0.1, 0.15) is 0 Å². The molecule has 0 spiro atoms. The monoisotopic (exact) mass is 367 g/mol. The molecule has 0 fully saturated rings. The number of sulfonamides is 1. The molecule has 0 N–H and O–H groups in total. The van der Waals surface area contributed by atoms with E-state index in [1.165, 1.54) is 4.31 Å². The van der Waals surface area contributed by atoms with Crippen LogP contribution in [0.25, 0.3) is 0 Å². The number of anilines is 1. The second-order valence-electron chi connectivity index (χ2n) is 5.16. The third kappa shape index (κ3) is 4.72. The quantitative estimate of drug-likeness (QED) is 0.733. The second-order valence-corrected chi connectivity index (χ2v) is 7.51. The smallest absolute Gasteiger partial charge is 0.338 e. The van der Waals surface area contributed by atoms with Crippen molar-refractivity contribution >= 4 is 33.3 Å². The van der Waals surface area contributed by atoms with Gasteiger partial charge in [0.2, 0.25) is 10.0 Å². The lowest BCUT2D eigenvalue weighted by atomic mass is 10.2. The Balaban J connectivity index is 2.28. The topological polar surface area (TPSA) is 63.7 Å². The van der Waals surface area contributed by atoms with Crippen molar-refractivity contribution in [1.82, 2.24) is 0 Å². The molecule has 0 amide bonds. The summed E-state index contributed by atoms with van der Waals surface area (Å²) in [6.07, 6.45) is 1.14. The lowest BCUT2D eigenvalue weighted by Gasteiger charge is -2.22. The molecular formula is C17H18ClNO4S. The van der Waals surface area contributed by atoms with Crippen molar-refractivity contribution in [2.45, 2.75) is 13.5 Å². The predicted octanol–water partition coefficient (Wildman–Crippen LogP) is 3.48. The highest BCUT2D eigenvalue weighted by Crippen LogP contribution is 2.22. The molecule has 2 aromatic rings. The van der Waals surface area contributed by atoms with Crippen LogP contribution in [0.1, 0.15) is 22.8 Å². The van der Waals surface area contributed by atoms with Crippen LogP contribution in [0.4, 0.5) is 5.69 Å². The van der Waals surface area contributed by atoms with E-state index in [0.717, 1.165) is 11.8 Å². The fraction of sp³-hybridized carbons (Fsp3) is 0.235. The van der Waals surface area contributed by atoms with Crippen molar-refractivity contribution in [2.75, 3.05) is 17.2 Å². The van der Waals surface area contributed by atoms with Crippen molar-refractivity contribution in [2.24, 2.45) is 0 Å². The lowest BCUT2D eigenvalue weighted by molar-refractivity contribution is 0.0526. The van der Waals surface area contributed by atoms with Crippen LogP contribution in [0.2, 0.25) is 5.02 Å². The minimum Gasteiger partial charge on any atom is -0.462 e. The number of esters is 1. The Hall–Kier alpha value is -2.05. The lowest BCUT2D eigenvalue weighted by Crippen LogP contribution is -2.29. The molecule has 0 aliphatic rings. The third-order valence-corrected chi connectivity index (χ3v) is 4.70. The van der Waals surface area contributed by atoms with Crippen LogP contribution in [-0.4, -0.2) is 27.2 Å². The van der Waals surface area contributed by atoms with Crippen LogP contribution < -0.4 is 4.31 Å². The van der Waals surface area contributed by atoms with Gasteiger partial charge in [-0.3, -0.25) is 4.31 Å². The number of carbonyl (C=O) groups excluding carboxylic acids is 1. The van der Waals surface area contributed by atoms with Crippen LogP contribution in [0.15, 0.2) is 48.5 Å². The average Bonchev–Trinajstić information content (AvgIpc) is 2.53. The maximum atomic E-state index is 12.1. The fourth-order valence-electron chi connectivity index (χ4n) is 2.13. The van der Waals surface area contributed by atoms with E-state index in [1.54, 1.807) is 55.5 Å². The highest BCUT2D eigenvalue weighted by atomic mass is 35.5. The fourth-order valence-corrected chi connectivity index (χ4v) is 3.15. The molecule has 0 radical (unpaired) electrons. The van der Waals surface area contributed by atoms with Gasteiger partial charge < -0.3 is 4.74 Å². The summed E-state index contributed by atoms with van der Waals surface area (Å²) >= 11 is 5.85. The highest BCUT2D eigenvalue weighted by molar-refractivity contribution is 7.92. The van der Waals surface area contributed by atoms with Crippen LogP contribution in [0.5, 0.6) is 0 Å². The van der Waals surface area contributed by atoms with E-state index in [0.29, 0.717) is 16.3 Å². The normalized spacial score (nSPS) is 11.1. The van der Waals surface area contributed by atoms with E-state index >= 15 is 0 Å². The van der Waals surface area contributed by atoms with Gasteiger partial charge in [0.05, 0.1) is 30.7 Å². The molecule has 0 saturated heterocycles. The summed E-state index contributed by atoms with van der Waals surface area (Å²) in [6.45, 7) is 2.19. The molecule has 0 bridgehead atoms. The van der Waals surface area contributed by atoms with Gasteiger partial charge in [-0.05, 0) is 48.9 Å². The van der Waals surface area contributed by atoms with E-state index in [2.05, 4.69) is 0 Å². The van der Waals surface area contributed by atoms with E-state index in [9.17, 15) is 13.2 Å². The Kier molecular flexibility index (Phi) is 5.85. The minimum atomic E-state index is -3.49. The van der Waals surface area contributed by atoms with Crippen LogP contribution in [-0.2, 0) is 21.3 Å². The third-order valence-electron chi connectivity index (χ3n) is 3.31. The van der Waals surface area contributed by atoms with Gasteiger partial charge in [-0.15, -0.1) is 0 Å². The first-order valence-corrected chi connectivity index (χ1v) is 9.53. The molecule has 0 aliphatic carbocycles.